The second-order valence-corrected chi connectivity index (χ2v) is 5.71. The predicted molar refractivity (Wildman–Crippen MR) is 81.9 cm³/mol. The Labute approximate surface area is 124 Å². The third-order valence-electron chi connectivity index (χ3n) is 4.42. The van der Waals surface area contributed by atoms with E-state index in [1.54, 1.807) is 13.1 Å². The van der Waals surface area contributed by atoms with E-state index in [-0.39, 0.29) is 10.6 Å². The van der Waals surface area contributed by atoms with Crippen molar-refractivity contribution in [2.75, 3.05) is 43.4 Å². The molecule has 2 fully saturated rings. The lowest BCUT2D eigenvalue weighted by Crippen LogP contribution is -2.55. The fraction of sp³-hybridized carbons (Fsp3) is 0.643. The minimum absolute atomic E-state index is 0.0930. The molecule has 3 heterocycles. The molecule has 2 saturated heterocycles. The highest BCUT2D eigenvalue weighted by atomic mass is 16.6. The van der Waals surface area contributed by atoms with Crippen molar-refractivity contribution >= 4 is 17.3 Å². The highest BCUT2D eigenvalue weighted by Gasteiger charge is 2.30. The van der Waals surface area contributed by atoms with Crippen LogP contribution < -0.4 is 10.2 Å². The van der Waals surface area contributed by atoms with Gasteiger partial charge in [-0.2, -0.15) is 0 Å². The fourth-order valence-electron chi connectivity index (χ4n) is 3.26. The van der Waals surface area contributed by atoms with Gasteiger partial charge in [0.25, 0.3) is 5.69 Å². The molecule has 0 bridgehead atoms. The van der Waals surface area contributed by atoms with Gasteiger partial charge in [0.05, 0.1) is 17.1 Å². The maximum Gasteiger partial charge on any atom is 0.276 e. The van der Waals surface area contributed by atoms with Crippen LogP contribution in [0.15, 0.2) is 12.1 Å². The topological polar surface area (TPSA) is 74.5 Å². The number of piperidine rings is 1. The smallest absolute Gasteiger partial charge is 0.276 e. The van der Waals surface area contributed by atoms with Gasteiger partial charge in [-0.25, -0.2) is 4.98 Å². The van der Waals surface area contributed by atoms with Crippen LogP contribution in [0.25, 0.3) is 0 Å². The van der Waals surface area contributed by atoms with Crippen LogP contribution in [0, 0.1) is 10.1 Å². The standard InChI is InChI=1S/C14H21N5O2/c1-15-13-8-12(19(20)21)9-14(16-13)18-7-6-17-5-3-2-4-11(17)10-18/h8-9,11H,2-7,10H2,1H3,(H,15,16). The largest absolute Gasteiger partial charge is 0.373 e. The summed E-state index contributed by atoms with van der Waals surface area (Å²) in [5.41, 5.74) is 0.0930. The van der Waals surface area contributed by atoms with Gasteiger partial charge < -0.3 is 10.2 Å². The Morgan fingerprint density at radius 2 is 2.19 bits per heavy atom. The molecule has 0 spiro atoms. The second kappa shape index (κ2) is 5.85. The Morgan fingerprint density at radius 1 is 1.33 bits per heavy atom. The summed E-state index contributed by atoms with van der Waals surface area (Å²) >= 11 is 0. The molecule has 3 rings (SSSR count). The van der Waals surface area contributed by atoms with Crippen LogP contribution >= 0.6 is 0 Å². The zero-order valence-corrected chi connectivity index (χ0v) is 12.3. The third-order valence-corrected chi connectivity index (χ3v) is 4.42. The molecule has 1 unspecified atom stereocenters. The zero-order valence-electron chi connectivity index (χ0n) is 12.3. The number of hydrogen-bond acceptors (Lipinski definition) is 6. The molecule has 1 atom stereocenters. The molecule has 1 aromatic rings. The first-order valence-corrected chi connectivity index (χ1v) is 7.50. The predicted octanol–water partition coefficient (Wildman–Crippen LogP) is 1.71. The van der Waals surface area contributed by atoms with Crippen LogP contribution in [0.2, 0.25) is 0 Å². The second-order valence-electron chi connectivity index (χ2n) is 5.71. The van der Waals surface area contributed by atoms with Gasteiger partial charge >= 0.3 is 0 Å². The number of anilines is 2. The molecular weight excluding hydrogens is 270 g/mol. The first-order chi connectivity index (χ1) is 10.2. The SMILES string of the molecule is CNc1cc([N+](=O)[O-])cc(N2CCN3CCCCC3C2)n1. The molecule has 0 amide bonds. The van der Waals surface area contributed by atoms with E-state index in [9.17, 15) is 10.1 Å². The van der Waals surface area contributed by atoms with Crippen LogP contribution in [0.3, 0.4) is 0 Å². The number of nitrogens with one attached hydrogen (secondary N) is 1. The van der Waals surface area contributed by atoms with Crippen LogP contribution in [0.5, 0.6) is 0 Å². The molecule has 1 aromatic heterocycles. The first kappa shape index (κ1) is 14.1. The lowest BCUT2D eigenvalue weighted by molar-refractivity contribution is -0.384. The number of pyridine rings is 1. The highest BCUT2D eigenvalue weighted by molar-refractivity contribution is 5.56. The van der Waals surface area contributed by atoms with Crippen LogP contribution in [-0.4, -0.2) is 54.1 Å². The minimum atomic E-state index is -0.358. The van der Waals surface area contributed by atoms with E-state index in [4.69, 9.17) is 0 Å². The van der Waals surface area contributed by atoms with E-state index < -0.39 is 0 Å². The van der Waals surface area contributed by atoms with Gasteiger partial charge in [-0.1, -0.05) is 6.42 Å². The van der Waals surface area contributed by atoms with Gasteiger partial charge in [0.1, 0.15) is 11.6 Å². The monoisotopic (exact) mass is 291 g/mol. The summed E-state index contributed by atoms with van der Waals surface area (Å²) in [6, 6.07) is 3.62. The molecule has 2 aliphatic heterocycles. The van der Waals surface area contributed by atoms with Crippen LogP contribution in [0.1, 0.15) is 19.3 Å². The number of aromatic nitrogens is 1. The van der Waals surface area contributed by atoms with Crippen LogP contribution in [-0.2, 0) is 0 Å². The van der Waals surface area contributed by atoms with Crippen molar-refractivity contribution in [3.63, 3.8) is 0 Å². The lowest BCUT2D eigenvalue weighted by Gasteiger charge is -2.44. The summed E-state index contributed by atoms with van der Waals surface area (Å²) in [5, 5.41) is 14.0. The van der Waals surface area contributed by atoms with Crippen molar-refractivity contribution in [3.8, 4) is 0 Å². The number of rotatable bonds is 3. The lowest BCUT2D eigenvalue weighted by atomic mass is 9.99. The third kappa shape index (κ3) is 2.92. The average molecular weight is 291 g/mol. The summed E-state index contributed by atoms with van der Waals surface area (Å²) in [6.45, 7) is 4.00. The number of nitrogens with zero attached hydrogens (tertiary/aromatic N) is 4. The molecule has 21 heavy (non-hydrogen) atoms. The van der Waals surface area contributed by atoms with Crippen LogP contribution in [0.4, 0.5) is 17.3 Å². The van der Waals surface area contributed by atoms with E-state index in [0.29, 0.717) is 17.7 Å². The number of nitro groups is 1. The van der Waals surface area contributed by atoms with E-state index in [2.05, 4.69) is 20.1 Å². The quantitative estimate of drug-likeness (QED) is 0.675. The Balaban J connectivity index is 1.82. The maximum atomic E-state index is 11.1. The maximum absolute atomic E-state index is 11.1. The molecule has 0 aromatic carbocycles. The number of hydrogen-bond donors (Lipinski definition) is 1. The summed E-state index contributed by atoms with van der Waals surface area (Å²) in [7, 11) is 1.73. The van der Waals surface area contributed by atoms with E-state index in [1.165, 1.54) is 31.9 Å². The summed E-state index contributed by atoms with van der Waals surface area (Å²) in [6.07, 6.45) is 3.78. The normalized spacial score (nSPS) is 22.7. The Kier molecular flexibility index (Phi) is 3.92. The summed E-state index contributed by atoms with van der Waals surface area (Å²) in [4.78, 5) is 19.9. The van der Waals surface area contributed by atoms with Gasteiger partial charge in [-0.3, -0.25) is 15.0 Å². The number of fused-ring (bicyclic) bond motifs is 1. The van der Waals surface area contributed by atoms with Crippen molar-refractivity contribution in [2.24, 2.45) is 0 Å². The molecule has 2 aliphatic rings. The van der Waals surface area contributed by atoms with E-state index >= 15 is 0 Å². The minimum Gasteiger partial charge on any atom is -0.373 e. The molecule has 0 saturated carbocycles. The zero-order chi connectivity index (χ0) is 14.8. The molecule has 0 aliphatic carbocycles. The van der Waals surface area contributed by atoms with Crippen molar-refractivity contribution in [2.45, 2.75) is 25.3 Å². The Bertz CT molecular complexity index is 536. The van der Waals surface area contributed by atoms with Crippen molar-refractivity contribution in [3.05, 3.63) is 22.2 Å². The number of piperazine rings is 1. The van der Waals surface area contributed by atoms with E-state index in [0.717, 1.165) is 19.6 Å². The molecule has 7 heteroatoms. The van der Waals surface area contributed by atoms with Crippen molar-refractivity contribution in [1.82, 2.24) is 9.88 Å². The first-order valence-electron chi connectivity index (χ1n) is 7.50. The summed E-state index contributed by atoms with van der Waals surface area (Å²) in [5.74, 6) is 1.25. The molecule has 114 valence electrons. The molecular formula is C14H21N5O2. The average Bonchev–Trinajstić information content (AvgIpc) is 2.53. The van der Waals surface area contributed by atoms with Gasteiger partial charge in [-0.05, 0) is 19.4 Å². The van der Waals surface area contributed by atoms with Gasteiger partial charge in [-0.15, -0.1) is 0 Å². The van der Waals surface area contributed by atoms with Gasteiger partial charge in [0.2, 0.25) is 0 Å². The van der Waals surface area contributed by atoms with Gasteiger partial charge in [0, 0.05) is 32.7 Å². The molecule has 7 nitrogen and oxygen atoms in total. The molecule has 0 radical (unpaired) electrons. The van der Waals surface area contributed by atoms with Crippen molar-refractivity contribution < 1.29 is 4.92 Å². The highest BCUT2D eigenvalue weighted by Crippen LogP contribution is 2.27. The summed E-state index contributed by atoms with van der Waals surface area (Å²) < 4.78 is 0. The Hall–Kier alpha value is -1.89. The molecule has 1 N–H and O–H groups in total. The Morgan fingerprint density at radius 3 is 2.95 bits per heavy atom. The van der Waals surface area contributed by atoms with Crippen molar-refractivity contribution in [1.29, 1.82) is 0 Å². The van der Waals surface area contributed by atoms with Gasteiger partial charge in [0.15, 0.2) is 0 Å². The van der Waals surface area contributed by atoms with E-state index in [1.807, 2.05) is 0 Å². The fourth-order valence-corrected chi connectivity index (χ4v) is 3.26.